The summed E-state index contributed by atoms with van der Waals surface area (Å²) in [6.07, 6.45) is 0. The van der Waals surface area contributed by atoms with Gasteiger partial charge in [0.2, 0.25) is 0 Å². The Morgan fingerprint density at radius 3 is 2.86 bits per heavy atom. The van der Waals surface area contributed by atoms with Crippen molar-refractivity contribution in [3.63, 3.8) is 0 Å². The molecule has 0 atom stereocenters. The topological polar surface area (TPSA) is 64.3 Å². The van der Waals surface area contributed by atoms with Gasteiger partial charge in [0, 0.05) is 23.5 Å². The third-order valence-corrected chi connectivity index (χ3v) is 4.61. The van der Waals surface area contributed by atoms with Gasteiger partial charge in [0.1, 0.15) is 10.8 Å². The van der Waals surface area contributed by atoms with Gasteiger partial charge < -0.3 is 15.8 Å². The lowest BCUT2D eigenvalue weighted by Crippen LogP contribution is -2.02. The first-order chi connectivity index (χ1) is 9.93. The van der Waals surface area contributed by atoms with E-state index in [9.17, 15) is 9.18 Å². The Bertz CT molecular complexity index is 688. The van der Waals surface area contributed by atoms with Crippen LogP contribution in [0.3, 0.4) is 0 Å². The highest BCUT2D eigenvalue weighted by Crippen LogP contribution is 2.42. The van der Waals surface area contributed by atoms with E-state index < -0.39 is 0 Å². The molecule has 4 nitrogen and oxygen atoms in total. The highest BCUT2D eigenvalue weighted by Gasteiger charge is 2.19. The van der Waals surface area contributed by atoms with Crippen LogP contribution in [0, 0.1) is 5.82 Å². The molecular formula is C14H14BrFN2O2S. The molecule has 21 heavy (non-hydrogen) atoms. The van der Waals surface area contributed by atoms with Gasteiger partial charge in [0.15, 0.2) is 11.5 Å². The molecule has 0 saturated carbocycles. The Morgan fingerprint density at radius 2 is 2.24 bits per heavy atom. The molecule has 0 unspecified atom stereocenters. The Morgan fingerprint density at radius 1 is 1.52 bits per heavy atom. The average Bonchev–Trinajstić information content (AvgIpc) is 2.76. The van der Waals surface area contributed by atoms with Crippen LogP contribution in [0.1, 0.15) is 22.2 Å². The molecule has 0 spiro atoms. The lowest BCUT2D eigenvalue weighted by atomic mass is 10.2. The monoisotopic (exact) mass is 372 g/mol. The largest absolute Gasteiger partial charge is 0.492 e. The Balaban J connectivity index is 2.25. The van der Waals surface area contributed by atoms with E-state index in [4.69, 9.17) is 10.5 Å². The number of ketones is 1. The molecule has 0 aliphatic heterocycles. The van der Waals surface area contributed by atoms with Crippen LogP contribution in [0.5, 0.6) is 5.75 Å². The van der Waals surface area contributed by atoms with E-state index in [0.717, 1.165) is 4.47 Å². The second kappa shape index (κ2) is 6.44. The summed E-state index contributed by atoms with van der Waals surface area (Å²) >= 11 is 4.51. The van der Waals surface area contributed by atoms with Gasteiger partial charge in [-0.2, -0.15) is 0 Å². The van der Waals surface area contributed by atoms with Crippen molar-refractivity contribution in [2.75, 3.05) is 18.2 Å². The number of hydrogen-bond donors (Lipinski definition) is 2. The quantitative estimate of drug-likeness (QED) is 0.776. The van der Waals surface area contributed by atoms with Crippen LogP contribution in [0.4, 0.5) is 15.1 Å². The van der Waals surface area contributed by atoms with Crippen molar-refractivity contribution < 1.29 is 13.9 Å². The second-order valence-corrected chi connectivity index (χ2v) is 6.29. The Hall–Kier alpha value is -1.60. The van der Waals surface area contributed by atoms with E-state index in [1.165, 1.54) is 31.4 Å². The molecule has 2 rings (SSSR count). The van der Waals surface area contributed by atoms with E-state index in [2.05, 4.69) is 21.2 Å². The van der Waals surface area contributed by atoms with Crippen molar-refractivity contribution in [2.45, 2.75) is 13.5 Å². The number of nitrogens with one attached hydrogen (secondary N) is 1. The fourth-order valence-corrected chi connectivity index (χ4v) is 3.25. The number of rotatable bonds is 5. The number of anilines is 2. The fourth-order valence-electron chi connectivity index (χ4n) is 1.86. The molecule has 3 N–H and O–H groups in total. The van der Waals surface area contributed by atoms with Gasteiger partial charge in [0.25, 0.3) is 0 Å². The standard InChI is InChI=1S/C14H14BrFN2O2S/c1-7(19)13-11(17)12(20-2)14(21-13)18-6-8-5-9(15)3-4-10(8)16/h3-5,18H,6,17H2,1-2H3. The molecule has 7 heteroatoms. The number of halogens is 2. The van der Waals surface area contributed by atoms with Gasteiger partial charge >= 0.3 is 0 Å². The van der Waals surface area contributed by atoms with Gasteiger partial charge in [-0.1, -0.05) is 15.9 Å². The number of methoxy groups -OCH3 is 1. The van der Waals surface area contributed by atoms with Gasteiger partial charge in [-0.15, -0.1) is 11.3 Å². The number of Topliss-reactive ketones (excluding diaryl/α,β-unsaturated/α-hetero) is 1. The molecule has 0 fully saturated rings. The van der Waals surface area contributed by atoms with Crippen LogP contribution >= 0.6 is 27.3 Å². The number of hydrogen-bond acceptors (Lipinski definition) is 5. The normalized spacial score (nSPS) is 10.5. The van der Waals surface area contributed by atoms with Gasteiger partial charge in [0.05, 0.1) is 17.7 Å². The van der Waals surface area contributed by atoms with Crippen molar-refractivity contribution in [3.8, 4) is 5.75 Å². The second-order valence-electron chi connectivity index (χ2n) is 4.35. The van der Waals surface area contributed by atoms with Gasteiger partial charge in [-0.25, -0.2) is 4.39 Å². The van der Waals surface area contributed by atoms with E-state index in [-0.39, 0.29) is 18.1 Å². The molecule has 1 aromatic heterocycles. The minimum atomic E-state index is -0.305. The average molecular weight is 373 g/mol. The first-order valence-corrected chi connectivity index (χ1v) is 7.70. The zero-order valence-electron chi connectivity index (χ0n) is 11.5. The number of nitrogens with two attached hydrogens (primary N) is 1. The summed E-state index contributed by atoms with van der Waals surface area (Å²) < 4.78 is 19.7. The highest BCUT2D eigenvalue weighted by atomic mass is 79.9. The van der Waals surface area contributed by atoms with Crippen LogP contribution in [-0.4, -0.2) is 12.9 Å². The minimum Gasteiger partial charge on any atom is -0.492 e. The van der Waals surface area contributed by atoms with E-state index in [1.54, 1.807) is 12.1 Å². The summed E-state index contributed by atoms with van der Waals surface area (Å²) in [4.78, 5) is 11.9. The number of thiophene rings is 1. The number of carbonyl (C=O) groups is 1. The Labute approximate surface area is 134 Å². The molecule has 0 radical (unpaired) electrons. The molecule has 2 aromatic rings. The molecule has 0 amide bonds. The smallest absolute Gasteiger partial charge is 0.176 e. The summed E-state index contributed by atoms with van der Waals surface area (Å²) in [5, 5.41) is 3.68. The first kappa shape index (κ1) is 15.8. The van der Waals surface area contributed by atoms with E-state index >= 15 is 0 Å². The maximum atomic E-state index is 13.7. The van der Waals surface area contributed by atoms with Crippen LogP contribution in [0.25, 0.3) is 0 Å². The lowest BCUT2D eigenvalue weighted by molar-refractivity contribution is 0.102. The van der Waals surface area contributed by atoms with Crippen molar-refractivity contribution in [1.82, 2.24) is 0 Å². The lowest BCUT2D eigenvalue weighted by Gasteiger charge is -2.08. The summed E-state index contributed by atoms with van der Waals surface area (Å²) in [5.74, 6) is -0.0147. The predicted octanol–water partition coefficient (Wildman–Crippen LogP) is 4.06. The molecule has 1 heterocycles. The highest BCUT2D eigenvalue weighted by molar-refractivity contribution is 9.10. The summed E-state index contributed by atoms with van der Waals surface area (Å²) in [5.41, 5.74) is 6.70. The zero-order valence-corrected chi connectivity index (χ0v) is 13.9. The summed E-state index contributed by atoms with van der Waals surface area (Å²) in [7, 11) is 1.48. The van der Waals surface area contributed by atoms with Crippen molar-refractivity contribution >= 4 is 43.7 Å². The van der Waals surface area contributed by atoms with Gasteiger partial charge in [-0.05, 0) is 18.2 Å². The third kappa shape index (κ3) is 3.36. The zero-order chi connectivity index (χ0) is 15.6. The summed E-state index contributed by atoms with van der Waals surface area (Å²) in [6.45, 7) is 1.71. The molecule has 1 aromatic carbocycles. The first-order valence-electron chi connectivity index (χ1n) is 6.09. The summed E-state index contributed by atoms with van der Waals surface area (Å²) in [6, 6.07) is 4.72. The fraction of sp³-hybridized carbons (Fsp3) is 0.214. The maximum absolute atomic E-state index is 13.7. The number of benzene rings is 1. The number of nitrogen functional groups attached to an aromatic ring is 1. The molecule has 112 valence electrons. The van der Waals surface area contributed by atoms with Crippen LogP contribution in [0.15, 0.2) is 22.7 Å². The predicted molar refractivity (Wildman–Crippen MR) is 86.7 cm³/mol. The number of ether oxygens (including phenoxy) is 1. The van der Waals surface area contributed by atoms with Crippen LogP contribution < -0.4 is 15.8 Å². The maximum Gasteiger partial charge on any atom is 0.176 e. The van der Waals surface area contributed by atoms with Crippen LogP contribution in [-0.2, 0) is 6.54 Å². The minimum absolute atomic E-state index is 0.127. The van der Waals surface area contributed by atoms with Gasteiger partial charge in [-0.3, -0.25) is 4.79 Å². The van der Waals surface area contributed by atoms with Crippen molar-refractivity contribution in [1.29, 1.82) is 0 Å². The van der Waals surface area contributed by atoms with Crippen molar-refractivity contribution in [3.05, 3.63) is 38.9 Å². The number of carbonyl (C=O) groups excluding carboxylic acids is 1. The Kier molecular flexibility index (Phi) is 4.84. The van der Waals surface area contributed by atoms with Crippen molar-refractivity contribution in [2.24, 2.45) is 0 Å². The molecule has 0 bridgehead atoms. The third-order valence-electron chi connectivity index (χ3n) is 2.87. The molecule has 0 aliphatic rings. The van der Waals surface area contributed by atoms with E-state index in [1.807, 2.05) is 0 Å². The molecule has 0 aliphatic carbocycles. The van der Waals surface area contributed by atoms with E-state index in [0.29, 0.717) is 26.9 Å². The molecular weight excluding hydrogens is 359 g/mol. The molecule has 0 saturated heterocycles. The SMILES string of the molecule is COc1c(NCc2cc(Br)ccc2F)sc(C(C)=O)c1N. The van der Waals surface area contributed by atoms with Crippen LogP contribution in [0.2, 0.25) is 0 Å².